The van der Waals surface area contributed by atoms with Crippen molar-refractivity contribution in [2.24, 2.45) is 7.05 Å². The predicted molar refractivity (Wildman–Crippen MR) is 70.9 cm³/mol. The highest BCUT2D eigenvalue weighted by molar-refractivity contribution is 5.99. The Morgan fingerprint density at radius 3 is 2.89 bits per heavy atom. The predicted octanol–water partition coefficient (Wildman–Crippen LogP) is 1.15. The van der Waals surface area contributed by atoms with Crippen LogP contribution in [0.4, 0.5) is 0 Å². The van der Waals surface area contributed by atoms with Crippen molar-refractivity contribution in [2.75, 3.05) is 6.54 Å². The maximum atomic E-state index is 12.0. The lowest BCUT2D eigenvalue weighted by molar-refractivity contribution is 0.0925. The molecule has 6 heteroatoms. The van der Waals surface area contributed by atoms with Crippen LogP contribution >= 0.6 is 0 Å². The minimum Gasteiger partial charge on any atom is -0.349 e. The van der Waals surface area contributed by atoms with Crippen LogP contribution in [0.3, 0.4) is 0 Å². The zero-order chi connectivity index (χ0) is 13.6. The van der Waals surface area contributed by atoms with Crippen LogP contribution in [-0.4, -0.2) is 32.0 Å². The average molecular weight is 259 g/mol. The third kappa shape index (κ3) is 1.83. The number of fused-ring (bicyclic) bond motifs is 1. The Morgan fingerprint density at radius 1 is 1.37 bits per heavy atom. The first kappa shape index (κ1) is 12.0. The monoisotopic (exact) mass is 259 g/mol. The Morgan fingerprint density at radius 2 is 2.16 bits per heavy atom. The topological polar surface area (TPSA) is 64.7 Å². The summed E-state index contributed by atoms with van der Waals surface area (Å²) in [6, 6.07) is 0. The summed E-state index contributed by atoms with van der Waals surface area (Å²) in [6.07, 6.45) is 3.72. The summed E-state index contributed by atoms with van der Waals surface area (Å²) in [5.74, 6) is 0.246. The molecule has 0 aliphatic carbocycles. The second-order valence-corrected chi connectivity index (χ2v) is 5.14. The van der Waals surface area contributed by atoms with E-state index in [1.807, 2.05) is 13.2 Å². The molecule has 2 aromatic rings. The fourth-order valence-electron chi connectivity index (χ4n) is 2.49. The number of aromatic nitrogens is 4. The number of hydrogen-bond donors (Lipinski definition) is 1. The number of amides is 1. The third-order valence-corrected chi connectivity index (χ3v) is 3.36. The minimum absolute atomic E-state index is 0.0580. The van der Waals surface area contributed by atoms with E-state index in [0.717, 1.165) is 23.4 Å². The first-order chi connectivity index (χ1) is 9.08. The van der Waals surface area contributed by atoms with Gasteiger partial charge in [-0.25, -0.2) is 0 Å². The molecular weight excluding hydrogens is 242 g/mol. The Hall–Kier alpha value is -2.11. The Bertz CT molecular complexity index is 637. The highest BCUT2D eigenvalue weighted by Crippen LogP contribution is 2.31. The number of hydrogen-bond acceptors (Lipinski definition) is 3. The largest absolute Gasteiger partial charge is 0.349 e. The summed E-state index contributed by atoms with van der Waals surface area (Å²) < 4.78 is 3.56. The number of rotatable bonds is 2. The van der Waals surface area contributed by atoms with Gasteiger partial charge in [-0.15, -0.1) is 0 Å². The normalized spacial score (nSPS) is 14.6. The van der Waals surface area contributed by atoms with Crippen LogP contribution in [0.25, 0.3) is 11.1 Å². The van der Waals surface area contributed by atoms with Gasteiger partial charge in [0.2, 0.25) is 0 Å². The summed E-state index contributed by atoms with van der Waals surface area (Å²) in [5.41, 5.74) is 3.50. The van der Waals surface area contributed by atoms with Crippen LogP contribution in [0.5, 0.6) is 0 Å². The van der Waals surface area contributed by atoms with E-state index in [-0.39, 0.29) is 5.91 Å². The molecule has 3 rings (SSSR count). The van der Waals surface area contributed by atoms with Gasteiger partial charge in [0.1, 0.15) is 5.69 Å². The summed E-state index contributed by atoms with van der Waals surface area (Å²) in [4.78, 5) is 12.0. The summed E-state index contributed by atoms with van der Waals surface area (Å²) in [6.45, 7) is 5.55. The van der Waals surface area contributed by atoms with E-state index in [2.05, 4.69) is 29.4 Å². The second kappa shape index (κ2) is 4.22. The van der Waals surface area contributed by atoms with Crippen molar-refractivity contribution >= 4 is 5.91 Å². The van der Waals surface area contributed by atoms with E-state index in [4.69, 9.17) is 0 Å². The minimum atomic E-state index is -0.0580. The number of aryl methyl sites for hydroxylation is 1. The van der Waals surface area contributed by atoms with E-state index in [9.17, 15) is 4.79 Å². The number of nitrogens with zero attached hydrogens (tertiary/aromatic N) is 4. The molecule has 0 spiro atoms. The lowest BCUT2D eigenvalue weighted by atomic mass is 10.00. The van der Waals surface area contributed by atoms with Gasteiger partial charge in [-0.2, -0.15) is 10.2 Å². The van der Waals surface area contributed by atoms with Crippen molar-refractivity contribution in [3.63, 3.8) is 0 Å². The number of nitrogens with one attached hydrogen (secondary N) is 1. The van der Waals surface area contributed by atoms with Gasteiger partial charge in [0.05, 0.1) is 18.4 Å². The molecule has 3 heterocycles. The van der Waals surface area contributed by atoms with E-state index in [1.165, 1.54) is 0 Å². The molecule has 0 saturated carbocycles. The van der Waals surface area contributed by atoms with Crippen molar-refractivity contribution in [2.45, 2.75) is 26.3 Å². The van der Waals surface area contributed by atoms with Gasteiger partial charge < -0.3 is 5.32 Å². The average Bonchev–Trinajstić information content (AvgIpc) is 2.93. The molecule has 0 bridgehead atoms. The smallest absolute Gasteiger partial charge is 0.270 e. The van der Waals surface area contributed by atoms with E-state index < -0.39 is 0 Å². The molecule has 1 N–H and O–H groups in total. The molecule has 0 saturated heterocycles. The van der Waals surface area contributed by atoms with Crippen LogP contribution < -0.4 is 5.32 Å². The summed E-state index contributed by atoms with van der Waals surface area (Å²) in [7, 11) is 1.89. The molecule has 19 heavy (non-hydrogen) atoms. The summed E-state index contributed by atoms with van der Waals surface area (Å²) >= 11 is 0. The Kier molecular flexibility index (Phi) is 2.66. The Balaban J connectivity index is 2.18. The van der Waals surface area contributed by atoms with Crippen LogP contribution in [0, 0.1) is 0 Å². The van der Waals surface area contributed by atoms with E-state index >= 15 is 0 Å². The van der Waals surface area contributed by atoms with Crippen LogP contribution in [0.1, 0.15) is 35.9 Å². The summed E-state index contributed by atoms with van der Waals surface area (Å²) in [5, 5.41) is 11.7. The Labute approximate surface area is 111 Å². The van der Waals surface area contributed by atoms with Crippen LogP contribution in [-0.2, 0) is 13.6 Å². The van der Waals surface area contributed by atoms with Gasteiger partial charge in [0.15, 0.2) is 0 Å². The number of carbonyl (C=O) groups is 1. The fourth-order valence-corrected chi connectivity index (χ4v) is 2.49. The van der Waals surface area contributed by atoms with Crippen molar-refractivity contribution in [1.82, 2.24) is 24.9 Å². The molecule has 0 radical (unpaired) electrons. The van der Waals surface area contributed by atoms with Gasteiger partial charge >= 0.3 is 0 Å². The van der Waals surface area contributed by atoms with Crippen molar-refractivity contribution in [1.29, 1.82) is 0 Å². The lowest BCUT2D eigenvalue weighted by Gasteiger charge is -2.15. The van der Waals surface area contributed by atoms with E-state index in [0.29, 0.717) is 18.2 Å². The lowest BCUT2D eigenvalue weighted by Crippen LogP contribution is -2.35. The van der Waals surface area contributed by atoms with Crippen molar-refractivity contribution in [3.8, 4) is 11.1 Å². The molecule has 0 unspecified atom stereocenters. The van der Waals surface area contributed by atoms with Gasteiger partial charge in [0.25, 0.3) is 5.91 Å². The van der Waals surface area contributed by atoms with Crippen molar-refractivity contribution in [3.05, 3.63) is 23.8 Å². The van der Waals surface area contributed by atoms with E-state index in [1.54, 1.807) is 15.6 Å². The molecule has 0 fully saturated rings. The molecule has 1 amide bonds. The molecule has 1 aliphatic rings. The van der Waals surface area contributed by atoms with Crippen LogP contribution in [0.15, 0.2) is 12.4 Å². The van der Waals surface area contributed by atoms with Gasteiger partial charge in [-0.1, -0.05) is 13.8 Å². The first-order valence-corrected chi connectivity index (χ1v) is 6.46. The van der Waals surface area contributed by atoms with Crippen molar-refractivity contribution < 1.29 is 4.79 Å². The van der Waals surface area contributed by atoms with Gasteiger partial charge in [-0.3, -0.25) is 14.2 Å². The molecule has 6 nitrogen and oxygen atoms in total. The maximum Gasteiger partial charge on any atom is 0.270 e. The molecule has 100 valence electrons. The highest BCUT2D eigenvalue weighted by atomic mass is 16.2. The van der Waals surface area contributed by atoms with Crippen LogP contribution in [0.2, 0.25) is 0 Å². The zero-order valence-electron chi connectivity index (χ0n) is 11.3. The molecule has 2 aromatic heterocycles. The molecule has 0 aromatic carbocycles. The zero-order valence-corrected chi connectivity index (χ0v) is 11.3. The first-order valence-electron chi connectivity index (χ1n) is 6.46. The number of carbonyl (C=O) groups excluding carboxylic acids is 1. The third-order valence-electron chi connectivity index (χ3n) is 3.36. The highest BCUT2D eigenvalue weighted by Gasteiger charge is 2.25. The maximum absolute atomic E-state index is 12.0. The molecule has 0 atom stereocenters. The quantitative estimate of drug-likeness (QED) is 0.880. The van der Waals surface area contributed by atoms with Gasteiger partial charge in [0, 0.05) is 30.9 Å². The van der Waals surface area contributed by atoms with Gasteiger partial charge in [-0.05, 0) is 5.92 Å². The fraction of sp³-hybridized carbons (Fsp3) is 0.462. The standard InChI is InChI=1S/C13H17N5O/c1-8(2)11-10(7-17(3)16-11)9-6-15-18-5-4-14-13(19)12(9)18/h6-8H,4-5H2,1-3H3,(H,14,19). The SMILES string of the molecule is CC(C)c1nn(C)cc1-c1cnn2c1C(=O)NCC2. The second-order valence-electron chi connectivity index (χ2n) is 5.14. The molecular formula is C13H17N5O. The molecule has 1 aliphatic heterocycles.